The van der Waals surface area contributed by atoms with E-state index in [1.165, 1.54) is 27.7 Å². The first-order valence-corrected chi connectivity index (χ1v) is 13.7. The molecule has 0 spiro atoms. The molecule has 0 atom stereocenters. The summed E-state index contributed by atoms with van der Waals surface area (Å²) in [4.78, 5) is 31.2. The second-order valence-corrected chi connectivity index (χ2v) is 10.4. The Labute approximate surface area is 225 Å². The number of fused-ring (bicyclic) bond motifs is 1. The smallest absolute Gasteiger partial charge is 0.278 e. The van der Waals surface area contributed by atoms with Crippen LogP contribution in [0.4, 0.5) is 0 Å². The van der Waals surface area contributed by atoms with E-state index in [4.69, 9.17) is 26.4 Å². The van der Waals surface area contributed by atoms with Gasteiger partial charge in [-0.05, 0) is 67.7 Å². The Kier molecular flexibility index (Phi) is 7.54. The maximum atomic E-state index is 13.7. The van der Waals surface area contributed by atoms with Gasteiger partial charge in [-0.3, -0.25) is 18.7 Å². The number of thiazole rings is 1. The summed E-state index contributed by atoms with van der Waals surface area (Å²) in [6.45, 7) is 2.77. The van der Waals surface area contributed by atoms with E-state index in [9.17, 15) is 9.59 Å². The van der Waals surface area contributed by atoms with Crippen LogP contribution in [0.1, 0.15) is 12.7 Å². The minimum absolute atomic E-state index is 0.0689. The number of furan rings is 1. The highest BCUT2D eigenvalue weighted by Crippen LogP contribution is 2.28. The molecule has 37 heavy (non-hydrogen) atoms. The normalized spacial score (nSPS) is 11.1. The number of rotatable bonds is 9. The van der Waals surface area contributed by atoms with E-state index >= 15 is 0 Å². The molecule has 1 amide bonds. The van der Waals surface area contributed by atoms with Crippen molar-refractivity contribution in [2.24, 2.45) is 0 Å². The van der Waals surface area contributed by atoms with E-state index in [1.807, 2.05) is 61.5 Å². The monoisotopic (exact) mass is 550 g/mol. The Morgan fingerprint density at radius 3 is 2.54 bits per heavy atom. The molecule has 8 nitrogen and oxygen atoms in total. The second kappa shape index (κ2) is 11.2. The lowest BCUT2D eigenvalue weighted by molar-refractivity contribution is -0.118. The third-order valence-electron chi connectivity index (χ3n) is 5.37. The van der Waals surface area contributed by atoms with E-state index in [2.05, 4.69) is 5.32 Å². The van der Waals surface area contributed by atoms with Crippen molar-refractivity contribution in [2.75, 3.05) is 12.4 Å². The maximum absolute atomic E-state index is 13.7. The molecule has 0 bridgehead atoms. The zero-order valence-electron chi connectivity index (χ0n) is 19.7. The molecule has 0 aliphatic heterocycles. The predicted octanol–water partition coefficient (Wildman–Crippen LogP) is 5.37. The lowest BCUT2D eigenvalue weighted by Gasteiger charge is -2.13. The van der Waals surface area contributed by atoms with Gasteiger partial charge in [-0.2, -0.15) is 0 Å². The highest BCUT2D eigenvalue weighted by atomic mass is 32.2. The summed E-state index contributed by atoms with van der Waals surface area (Å²) in [5, 5.41) is 3.22. The van der Waals surface area contributed by atoms with Crippen LogP contribution in [0.3, 0.4) is 0 Å². The molecule has 2 aromatic carbocycles. The van der Waals surface area contributed by atoms with E-state index in [-0.39, 0.29) is 23.8 Å². The fourth-order valence-corrected chi connectivity index (χ4v) is 5.84. The highest BCUT2D eigenvalue weighted by molar-refractivity contribution is 7.99. The number of carbonyl (C=O) groups is 1. The Morgan fingerprint density at radius 2 is 1.84 bits per heavy atom. The molecule has 0 radical (unpaired) electrons. The van der Waals surface area contributed by atoms with Gasteiger partial charge in [-0.1, -0.05) is 41.3 Å². The third-order valence-corrected chi connectivity index (χ3v) is 7.66. The van der Waals surface area contributed by atoms with Gasteiger partial charge in [0.2, 0.25) is 5.91 Å². The first kappa shape index (κ1) is 25.0. The number of hydrogen-bond acceptors (Lipinski definition) is 8. The van der Waals surface area contributed by atoms with E-state index in [0.29, 0.717) is 37.5 Å². The second-order valence-electron chi connectivity index (χ2n) is 7.80. The van der Waals surface area contributed by atoms with Crippen LogP contribution in [0.2, 0.25) is 0 Å². The molecule has 0 saturated carbocycles. The fourth-order valence-electron chi connectivity index (χ4n) is 3.70. The number of thioether (sulfide) groups is 1. The zero-order chi connectivity index (χ0) is 25.8. The lowest BCUT2D eigenvalue weighted by Crippen LogP contribution is -2.26. The summed E-state index contributed by atoms with van der Waals surface area (Å²) in [5.74, 6) is 1.27. The Balaban J connectivity index is 1.54. The molecule has 3 aromatic heterocycles. The molecular formula is C26H22N4O4S3. The molecule has 11 heteroatoms. The van der Waals surface area contributed by atoms with Crippen molar-refractivity contribution in [3.05, 3.63) is 93.1 Å². The van der Waals surface area contributed by atoms with Gasteiger partial charge in [-0.15, -0.1) is 0 Å². The molecule has 5 aromatic rings. The average Bonchev–Trinajstić information content (AvgIpc) is 3.55. The van der Waals surface area contributed by atoms with Crippen LogP contribution in [-0.4, -0.2) is 32.4 Å². The van der Waals surface area contributed by atoms with Crippen molar-refractivity contribution in [3.8, 4) is 17.1 Å². The topological polar surface area (TPSA) is 91.3 Å². The summed E-state index contributed by atoms with van der Waals surface area (Å²) in [5.41, 5.74) is 1.65. The molecule has 0 fully saturated rings. The van der Waals surface area contributed by atoms with E-state index in [1.54, 1.807) is 23.0 Å². The van der Waals surface area contributed by atoms with Gasteiger partial charge >= 0.3 is 0 Å². The molecule has 1 N–H and O–H groups in total. The molecule has 0 aliphatic rings. The van der Waals surface area contributed by atoms with Crippen LogP contribution in [0, 0.1) is 3.95 Å². The summed E-state index contributed by atoms with van der Waals surface area (Å²) in [6.07, 6.45) is 1.56. The lowest BCUT2D eigenvalue weighted by atomic mass is 10.3. The standard InChI is InChI=1S/C26H22N4O4S3/c1-2-33-19-12-10-18(11-13-19)29-23-22(37-26(29)35)24(32)30(17-7-4-3-5-8-17)25(28-23)36-16-21(31)27-15-20-9-6-14-34-20/h3-14H,2,15-16H2,1H3,(H,27,31). The Hall–Kier alpha value is -3.67. The Morgan fingerprint density at radius 1 is 1.08 bits per heavy atom. The van der Waals surface area contributed by atoms with Crippen molar-refractivity contribution in [2.45, 2.75) is 18.6 Å². The number of para-hydroxylation sites is 1. The quantitative estimate of drug-likeness (QED) is 0.150. The van der Waals surface area contributed by atoms with Crippen molar-refractivity contribution >= 4 is 51.6 Å². The number of aromatic nitrogens is 3. The summed E-state index contributed by atoms with van der Waals surface area (Å²) in [7, 11) is 0. The van der Waals surface area contributed by atoms with Crippen LogP contribution < -0.4 is 15.6 Å². The number of nitrogens with one attached hydrogen (secondary N) is 1. The molecule has 0 saturated heterocycles. The zero-order valence-corrected chi connectivity index (χ0v) is 22.2. The summed E-state index contributed by atoms with van der Waals surface area (Å²) < 4.78 is 15.1. The minimum atomic E-state index is -0.240. The van der Waals surface area contributed by atoms with Crippen LogP contribution in [0.15, 0.2) is 87.4 Å². The van der Waals surface area contributed by atoms with Gasteiger partial charge in [0.05, 0.1) is 30.9 Å². The summed E-state index contributed by atoms with van der Waals surface area (Å²) in [6, 6.07) is 20.3. The maximum Gasteiger partial charge on any atom is 0.278 e. The van der Waals surface area contributed by atoms with Gasteiger partial charge in [0.25, 0.3) is 5.56 Å². The third kappa shape index (κ3) is 5.38. The predicted molar refractivity (Wildman–Crippen MR) is 148 cm³/mol. The van der Waals surface area contributed by atoms with Gasteiger partial charge in [0.1, 0.15) is 16.2 Å². The van der Waals surface area contributed by atoms with Crippen LogP contribution in [-0.2, 0) is 11.3 Å². The van der Waals surface area contributed by atoms with Crippen molar-refractivity contribution < 1.29 is 13.9 Å². The van der Waals surface area contributed by atoms with Crippen LogP contribution in [0.5, 0.6) is 5.75 Å². The SMILES string of the molecule is CCOc1ccc(-n2c(=S)sc3c(=O)n(-c4ccccc4)c(SCC(=O)NCc4ccco4)nc32)cc1. The van der Waals surface area contributed by atoms with Crippen LogP contribution in [0.25, 0.3) is 21.7 Å². The van der Waals surface area contributed by atoms with E-state index in [0.717, 1.165) is 11.4 Å². The van der Waals surface area contributed by atoms with Crippen molar-refractivity contribution in [1.82, 2.24) is 19.4 Å². The van der Waals surface area contributed by atoms with Gasteiger partial charge < -0.3 is 14.5 Å². The number of benzene rings is 2. The number of carbonyl (C=O) groups excluding carboxylic acids is 1. The molecule has 188 valence electrons. The Bertz CT molecular complexity index is 1640. The highest BCUT2D eigenvalue weighted by Gasteiger charge is 2.20. The minimum Gasteiger partial charge on any atom is -0.494 e. The summed E-state index contributed by atoms with van der Waals surface area (Å²) >= 11 is 8.04. The first-order chi connectivity index (χ1) is 18.0. The number of ether oxygens (including phenoxy) is 1. The van der Waals surface area contributed by atoms with Crippen LogP contribution >= 0.6 is 35.3 Å². The van der Waals surface area contributed by atoms with Gasteiger partial charge in [-0.25, -0.2) is 4.98 Å². The molecule has 5 rings (SSSR count). The average molecular weight is 551 g/mol. The van der Waals surface area contributed by atoms with Gasteiger partial charge in [0.15, 0.2) is 14.8 Å². The number of nitrogens with zero attached hydrogens (tertiary/aromatic N) is 3. The number of amides is 1. The molecular weight excluding hydrogens is 529 g/mol. The fraction of sp³-hybridized carbons (Fsp3) is 0.154. The van der Waals surface area contributed by atoms with Crippen molar-refractivity contribution in [1.29, 1.82) is 0 Å². The van der Waals surface area contributed by atoms with Crippen molar-refractivity contribution in [3.63, 3.8) is 0 Å². The van der Waals surface area contributed by atoms with E-state index < -0.39 is 0 Å². The number of hydrogen-bond donors (Lipinski definition) is 1. The largest absolute Gasteiger partial charge is 0.494 e. The molecule has 0 aliphatic carbocycles. The first-order valence-electron chi connectivity index (χ1n) is 11.4. The molecule has 3 heterocycles. The van der Waals surface area contributed by atoms with Gasteiger partial charge in [0, 0.05) is 5.69 Å². The molecule has 0 unspecified atom stereocenters.